The van der Waals surface area contributed by atoms with Crippen molar-refractivity contribution < 1.29 is 44.6 Å². The van der Waals surface area contributed by atoms with Crippen molar-refractivity contribution >= 4 is 11.8 Å². The summed E-state index contributed by atoms with van der Waals surface area (Å²) in [6.45, 7) is 1.58. The lowest BCUT2D eigenvalue weighted by molar-refractivity contribution is -0.135. The van der Waals surface area contributed by atoms with Gasteiger partial charge in [-0.2, -0.15) is 0 Å². The lowest BCUT2D eigenvalue weighted by Gasteiger charge is -2.32. The van der Waals surface area contributed by atoms with E-state index in [0.29, 0.717) is 12.8 Å². The van der Waals surface area contributed by atoms with Crippen LogP contribution in [0, 0.1) is 0 Å². The van der Waals surface area contributed by atoms with Gasteiger partial charge < -0.3 is 35.0 Å². The summed E-state index contributed by atoms with van der Waals surface area (Å²) >= 11 is 0. The predicted octanol–water partition coefficient (Wildman–Crippen LogP) is 0.205. The van der Waals surface area contributed by atoms with Crippen molar-refractivity contribution in [3.8, 4) is 11.5 Å². The van der Waals surface area contributed by atoms with Crippen LogP contribution in [0.4, 0.5) is 0 Å². The summed E-state index contributed by atoms with van der Waals surface area (Å²) in [6.07, 6.45) is -6.11. The molecule has 0 amide bonds. The zero-order valence-electron chi connectivity index (χ0n) is 15.7. The zero-order chi connectivity index (χ0) is 21.0. The van der Waals surface area contributed by atoms with E-state index in [-0.39, 0.29) is 29.7 Å². The first-order chi connectivity index (χ1) is 13.1. The van der Waals surface area contributed by atoms with Crippen LogP contribution in [0.3, 0.4) is 0 Å². The third-order valence-corrected chi connectivity index (χ3v) is 4.70. The molecular formula is C19H26O9. The van der Waals surface area contributed by atoms with E-state index in [9.17, 15) is 35.1 Å². The molecule has 0 bridgehead atoms. The Bertz CT molecular complexity index is 716. The number of methoxy groups -OCH3 is 1. The number of rotatable bonds is 9. The van der Waals surface area contributed by atoms with E-state index in [1.54, 1.807) is 6.92 Å². The number of Topliss-reactive ketones (excluding diaryl/α,β-unsaturated/α-hetero) is 1. The number of carbonyl (C=O) groups excluding carboxylic acids is 2. The fourth-order valence-corrected chi connectivity index (χ4v) is 3.13. The smallest absolute Gasteiger partial charge is 0.342 e. The predicted molar refractivity (Wildman–Crippen MR) is 96.0 cm³/mol. The molecule has 28 heavy (non-hydrogen) atoms. The topological polar surface area (TPSA) is 154 Å². The highest BCUT2D eigenvalue weighted by Gasteiger charge is 2.39. The number of cyclic esters (lactones) is 1. The van der Waals surface area contributed by atoms with Crippen molar-refractivity contribution in [3.05, 3.63) is 23.3 Å². The van der Waals surface area contributed by atoms with Gasteiger partial charge in [-0.3, -0.25) is 4.79 Å². The van der Waals surface area contributed by atoms with Gasteiger partial charge in [-0.05, 0) is 25.8 Å². The number of fused-ring (bicyclic) bond motifs is 1. The molecule has 0 fully saturated rings. The van der Waals surface area contributed by atoms with Crippen molar-refractivity contribution in [2.45, 2.75) is 63.1 Å². The van der Waals surface area contributed by atoms with Crippen LogP contribution in [0.2, 0.25) is 0 Å². The number of hydrogen-bond donors (Lipinski definition) is 5. The lowest BCUT2D eigenvalue weighted by atomic mass is 9.90. The molecule has 5 N–H and O–H groups in total. The van der Waals surface area contributed by atoms with Crippen LogP contribution < -0.4 is 4.74 Å². The summed E-state index contributed by atoms with van der Waals surface area (Å²) in [6, 6.07) is 2.58. The van der Waals surface area contributed by atoms with Gasteiger partial charge in [0.1, 0.15) is 35.4 Å². The fraction of sp³-hybridized carbons (Fsp3) is 0.579. The maximum absolute atomic E-state index is 12.2. The van der Waals surface area contributed by atoms with E-state index >= 15 is 0 Å². The molecule has 0 aliphatic carbocycles. The number of ether oxygens (including phenoxy) is 2. The minimum Gasteiger partial charge on any atom is -0.507 e. The van der Waals surface area contributed by atoms with Gasteiger partial charge in [0.2, 0.25) is 0 Å². The number of carbonyl (C=O) groups is 2. The molecule has 156 valence electrons. The number of esters is 1. The van der Waals surface area contributed by atoms with Crippen molar-refractivity contribution in [2.75, 3.05) is 7.11 Å². The number of aromatic hydroxyl groups is 1. The van der Waals surface area contributed by atoms with Crippen LogP contribution in [0.5, 0.6) is 11.5 Å². The average Bonchev–Trinajstić information content (AvgIpc) is 2.63. The molecule has 0 saturated carbocycles. The van der Waals surface area contributed by atoms with Crippen LogP contribution in [0.1, 0.15) is 54.6 Å². The number of hydrogen-bond acceptors (Lipinski definition) is 9. The molecule has 2 rings (SSSR count). The monoisotopic (exact) mass is 398 g/mol. The quantitative estimate of drug-likeness (QED) is 0.367. The van der Waals surface area contributed by atoms with Gasteiger partial charge in [0.05, 0.1) is 19.3 Å². The number of phenols is 1. The van der Waals surface area contributed by atoms with Gasteiger partial charge in [-0.25, -0.2) is 4.79 Å². The molecule has 1 aliphatic heterocycles. The Morgan fingerprint density at radius 3 is 2.57 bits per heavy atom. The second-order valence-electron chi connectivity index (χ2n) is 6.95. The second-order valence-corrected chi connectivity index (χ2v) is 6.95. The fourth-order valence-electron chi connectivity index (χ4n) is 3.13. The molecule has 5 atom stereocenters. The van der Waals surface area contributed by atoms with Crippen LogP contribution in [0.25, 0.3) is 0 Å². The van der Waals surface area contributed by atoms with Crippen molar-refractivity contribution in [1.29, 1.82) is 0 Å². The molecule has 0 spiro atoms. The normalized spacial score (nSPS) is 22.0. The maximum atomic E-state index is 12.2. The van der Waals surface area contributed by atoms with Gasteiger partial charge in [0, 0.05) is 24.5 Å². The Morgan fingerprint density at radius 2 is 1.96 bits per heavy atom. The SMILES string of the molecule is COc1cc(O)c2c(c1)[C@@H](O)[C@H](C[C@H](O)[C@H](O)C(=O)CCC[C@H](C)O)OC2=O. The van der Waals surface area contributed by atoms with Gasteiger partial charge in [-0.1, -0.05) is 0 Å². The van der Waals surface area contributed by atoms with Gasteiger partial charge in [-0.15, -0.1) is 0 Å². The van der Waals surface area contributed by atoms with E-state index in [4.69, 9.17) is 9.47 Å². The Balaban J connectivity index is 2.07. The lowest BCUT2D eigenvalue weighted by Crippen LogP contribution is -2.41. The first kappa shape index (κ1) is 22.1. The Kier molecular flexibility index (Phi) is 7.36. The minimum atomic E-state index is -1.71. The molecule has 0 radical (unpaired) electrons. The van der Waals surface area contributed by atoms with E-state index in [0.717, 1.165) is 0 Å². The molecule has 0 unspecified atom stereocenters. The molecule has 1 heterocycles. The molecule has 1 aromatic rings. The van der Waals surface area contributed by atoms with Gasteiger partial charge in [0.15, 0.2) is 5.78 Å². The van der Waals surface area contributed by atoms with Gasteiger partial charge >= 0.3 is 5.97 Å². The maximum Gasteiger partial charge on any atom is 0.342 e. The number of phenolic OH excluding ortho intramolecular Hbond substituents is 1. The first-order valence-electron chi connectivity index (χ1n) is 9.02. The summed E-state index contributed by atoms with van der Waals surface area (Å²) in [5, 5.41) is 49.8. The highest BCUT2D eigenvalue weighted by molar-refractivity contribution is 5.95. The highest BCUT2D eigenvalue weighted by Crippen LogP contribution is 2.39. The van der Waals surface area contributed by atoms with Crippen molar-refractivity contribution in [1.82, 2.24) is 0 Å². The summed E-state index contributed by atoms with van der Waals surface area (Å²) in [5.41, 5.74) is -0.128. The number of aliphatic hydroxyl groups excluding tert-OH is 4. The van der Waals surface area contributed by atoms with Crippen molar-refractivity contribution in [3.63, 3.8) is 0 Å². The van der Waals surface area contributed by atoms with Crippen molar-refractivity contribution in [2.24, 2.45) is 0 Å². The largest absolute Gasteiger partial charge is 0.507 e. The zero-order valence-corrected chi connectivity index (χ0v) is 15.7. The van der Waals surface area contributed by atoms with Crippen LogP contribution in [0.15, 0.2) is 12.1 Å². The Morgan fingerprint density at radius 1 is 1.29 bits per heavy atom. The molecule has 9 heteroatoms. The number of ketones is 1. The number of aliphatic hydroxyl groups is 4. The summed E-state index contributed by atoms with van der Waals surface area (Å²) in [7, 11) is 1.36. The first-order valence-corrected chi connectivity index (χ1v) is 9.02. The van der Waals surface area contributed by atoms with E-state index < -0.39 is 48.0 Å². The third kappa shape index (κ3) is 4.99. The molecule has 0 saturated heterocycles. The minimum absolute atomic E-state index is 0.0238. The standard InChI is InChI=1S/C19H26O9/c1-9(20)4-3-5-12(21)18(25)14(23)8-15-17(24)11-6-10(27-2)7-13(22)16(11)19(26)28-15/h6-7,9,14-15,17-18,20,22-25H,3-5,8H2,1-2H3/t9-,14-,15-,17+,18+/m0/s1. The molecule has 1 aliphatic rings. The summed E-state index contributed by atoms with van der Waals surface area (Å²) in [4.78, 5) is 24.2. The van der Waals surface area contributed by atoms with Crippen LogP contribution >= 0.6 is 0 Å². The van der Waals surface area contributed by atoms with Gasteiger partial charge in [0.25, 0.3) is 0 Å². The molecular weight excluding hydrogens is 372 g/mol. The Hall–Kier alpha value is -2.20. The van der Waals surface area contributed by atoms with E-state index in [1.165, 1.54) is 19.2 Å². The summed E-state index contributed by atoms with van der Waals surface area (Å²) in [5.74, 6) is -1.69. The average molecular weight is 398 g/mol. The third-order valence-electron chi connectivity index (χ3n) is 4.70. The van der Waals surface area contributed by atoms with E-state index in [2.05, 4.69) is 0 Å². The number of benzene rings is 1. The van der Waals surface area contributed by atoms with Crippen LogP contribution in [-0.2, 0) is 9.53 Å². The Labute approximate surface area is 162 Å². The molecule has 1 aromatic carbocycles. The summed E-state index contributed by atoms with van der Waals surface area (Å²) < 4.78 is 10.1. The van der Waals surface area contributed by atoms with E-state index in [1.807, 2.05) is 0 Å². The van der Waals surface area contributed by atoms with Crippen LogP contribution in [-0.4, -0.2) is 68.8 Å². The second kappa shape index (κ2) is 9.33. The highest BCUT2D eigenvalue weighted by atomic mass is 16.6. The molecule has 0 aromatic heterocycles. The molecule has 9 nitrogen and oxygen atoms in total.